The topological polar surface area (TPSA) is 53.6 Å². The molecule has 0 bridgehead atoms. The molecule has 0 spiro atoms. The molecular weight excluding hydrogens is 230 g/mol. The summed E-state index contributed by atoms with van der Waals surface area (Å²) in [5.74, 6) is -0.00479. The Morgan fingerprint density at radius 1 is 1.44 bits per heavy atom. The van der Waals surface area contributed by atoms with E-state index in [1.165, 1.54) is 25.9 Å². The van der Waals surface area contributed by atoms with E-state index in [1.807, 2.05) is 6.92 Å². The lowest BCUT2D eigenvalue weighted by molar-refractivity contribution is -0.136. The Morgan fingerprint density at radius 2 is 2.11 bits per heavy atom. The summed E-state index contributed by atoms with van der Waals surface area (Å²) >= 11 is 0. The number of carbonyl (C=O) groups is 1. The van der Waals surface area contributed by atoms with Crippen LogP contribution in [0.4, 0.5) is 0 Å². The summed E-state index contributed by atoms with van der Waals surface area (Å²) in [6, 6.07) is 0.200. The predicted molar refractivity (Wildman–Crippen MR) is 70.5 cm³/mol. The minimum absolute atomic E-state index is 0.00479. The van der Waals surface area contributed by atoms with Crippen LogP contribution in [0.15, 0.2) is 0 Å². The first-order valence-electron chi connectivity index (χ1n) is 6.94. The fourth-order valence-corrected chi connectivity index (χ4v) is 2.53. The van der Waals surface area contributed by atoms with E-state index in [1.54, 1.807) is 0 Å². The van der Waals surface area contributed by atoms with Crippen LogP contribution in [-0.4, -0.2) is 61.8 Å². The Hall–Kier alpha value is -0.650. The van der Waals surface area contributed by atoms with Gasteiger partial charge in [0.15, 0.2) is 0 Å². The van der Waals surface area contributed by atoms with Gasteiger partial charge in [0, 0.05) is 25.7 Å². The molecule has 2 aliphatic rings. The number of ether oxygens (including phenoxy) is 1. The van der Waals surface area contributed by atoms with Crippen molar-refractivity contribution in [2.24, 2.45) is 0 Å². The minimum atomic E-state index is -0.143. The number of nitrogens with one attached hydrogen (secondary N) is 2. The van der Waals surface area contributed by atoms with Crippen molar-refractivity contribution in [3.8, 4) is 0 Å². The predicted octanol–water partition coefficient (Wildman–Crippen LogP) is -0.0346. The lowest BCUT2D eigenvalue weighted by atomic mass is 10.0. The standard InChI is InChI=1S/C13H25N3O2/c1-11(7-16-5-3-4-6-16)15-12(17)8-18-13(2)9-14-10-13/h11,14H,3-10H2,1-2H3,(H,15,17). The molecule has 104 valence electrons. The van der Waals surface area contributed by atoms with E-state index in [4.69, 9.17) is 4.74 Å². The van der Waals surface area contributed by atoms with Crippen LogP contribution in [0.25, 0.3) is 0 Å². The molecule has 0 aromatic carbocycles. The van der Waals surface area contributed by atoms with Gasteiger partial charge in [-0.15, -0.1) is 0 Å². The highest BCUT2D eigenvalue weighted by Gasteiger charge is 2.33. The van der Waals surface area contributed by atoms with Crippen molar-refractivity contribution in [2.45, 2.75) is 38.3 Å². The molecule has 18 heavy (non-hydrogen) atoms. The fraction of sp³-hybridized carbons (Fsp3) is 0.923. The smallest absolute Gasteiger partial charge is 0.246 e. The average Bonchev–Trinajstić information content (AvgIpc) is 2.76. The Balaban J connectivity index is 1.60. The molecule has 0 radical (unpaired) electrons. The van der Waals surface area contributed by atoms with Gasteiger partial charge in [0.1, 0.15) is 6.61 Å². The van der Waals surface area contributed by atoms with E-state index in [9.17, 15) is 4.79 Å². The van der Waals surface area contributed by atoms with Gasteiger partial charge < -0.3 is 20.3 Å². The second kappa shape index (κ2) is 5.99. The number of hydrogen-bond acceptors (Lipinski definition) is 4. The molecule has 2 aliphatic heterocycles. The largest absolute Gasteiger partial charge is 0.363 e. The third kappa shape index (κ3) is 3.93. The summed E-state index contributed by atoms with van der Waals surface area (Å²) < 4.78 is 5.61. The number of nitrogens with zero attached hydrogens (tertiary/aromatic N) is 1. The Bertz CT molecular complexity index is 286. The number of hydrogen-bond donors (Lipinski definition) is 2. The average molecular weight is 255 g/mol. The number of amides is 1. The van der Waals surface area contributed by atoms with Gasteiger partial charge in [0.05, 0.1) is 5.60 Å². The molecule has 1 amide bonds. The molecule has 2 N–H and O–H groups in total. The van der Waals surface area contributed by atoms with Crippen LogP contribution in [0.5, 0.6) is 0 Å². The third-order valence-corrected chi connectivity index (χ3v) is 3.69. The molecule has 5 nitrogen and oxygen atoms in total. The van der Waals surface area contributed by atoms with E-state index in [0.717, 1.165) is 19.6 Å². The van der Waals surface area contributed by atoms with Crippen LogP contribution in [0.2, 0.25) is 0 Å². The van der Waals surface area contributed by atoms with Crippen molar-refractivity contribution in [1.29, 1.82) is 0 Å². The van der Waals surface area contributed by atoms with Crippen LogP contribution >= 0.6 is 0 Å². The van der Waals surface area contributed by atoms with Crippen molar-refractivity contribution < 1.29 is 9.53 Å². The summed E-state index contributed by atoms with van der Waals surface area (Å²) in [7, 11) is 0. The van der Waals surface area contributed by atoms with Crippen molar-refractivity contribution in [1.82, 2.24) is 15.5 Å². The van der Waals surface area contributed by atoms with Gasteiger partial charge in [-0.2, -0.15) is 0 Å². The quantitative estimate of drug-likeness (QED) is 0.699. The molecule has 0 saturated carbocycles. The molecule has 2 heterocycles. The molecule has 1 atom stereocenters. The van der Waals surface area contributed by atoms with Crippen molar-refractivity contribution in [3.63, 3.8) is 0 Å². The zero-order valence-corrected chi connectivity index (χ0v) is 11.5. The van der Waals surface area contributed by atoms with Crippen molar-refractivity contribution in [2.75, 3.05) is 39.3 Å². The monoisotopic (exact) mass is 255 g/mol. The van der Waals surface area contributed by atoms with Crippen LogP contribution in [0, 0.1) is 0 Å². The molecule has 5 heteroatoms. The Morgan fingerprint density at radius 3 is 2.67 bits per heavy atom. The summed E-state index contributed by atoms with van der Waals surface area (Å²) in [6.07, 6.45) is 2.57. The molecular formula is C13H25N3O2. The normalized spacial score (nSPS) is 24.6. The lowest BCUT2D eigenvalue weighted by Crippen LogP contribution is -2.59. The van der Waals surface area contributed by atoms with Crippen molar-refractivity contribution >= 4 is 5.91 Å². The SMILES string of the molecule is CC(CN1CCCC1)NC(=O)COC1(C)CNC1. The number of carbonyl (C=O) groups excluding carboxylic acids is 1. The maximum atomic E-state index is 11.7. The lowest BCUT2D eigenvalue weighted by Gasteiger charge is -2.38. The third-order valence-electron chi connectivity index (χ3n) is 3.69. The maximum Gasteiger partial charge on any atom is 0.246 e. The Kier molecular flexibility index (Phi) is 4.59. The van der Waals surface area contributed by atoms with E-state index in [-0.39, 0.29) is 24.2 Å². The van der Waals surface area contributed by atoms with E-state index >= 15 is 0 Å². The highest BCUT2D eigenvalue weighted by molar-refractivity contribution is 5.77. The van der Waals surface area contributed by atoms with Gasteiger partial charge in [0.25, 0.3) is 0 Å². The van der Waals surface area contributed by atoms with Gasteiger partial charge in [-0.25, -0.2) is 0 Å². The highest BCUT2D eigenvalue weighted by Crippen LogP contribution is 2.14. The molecule has 2 fully saturated rings. The first-order valence-corrected chi connectivity index (χ1v) is 6.94. The van der Waals surface area contributed by atoms with E-state index in [0.29, 0.717) is 0 Å². The zero-order chi connectivity index (χ0) is 13.0. The molecule has 1 unspecified atom stereocenters. The first kappa shape index (κ1) is 13.8. The molecule has 2 saturated heterocycles. The summed E-state index contributed by atoms with van der Waals surface area (Å²) in [6.45, 7) is 9.22. The van der Waals surface area contributed by atoms with Gasteiger partial charge in [-0.1, -0.05) is 0 Å². The van der Waals surface area contributed by atoms with Gasteiger partial charge in [-0.05, 0) is 39.8 Å². The zero-order valence-electron chi connectivity index (χ0n) is 11.5. The number of rotatable bonds is 6. The minimum Gasteiger partial charge on any atom is -0.363 e. The highest BCUT2D eigenvalue weighted by atomic mass is 16.5. The van der Waals surface area contributed by atoms with Crippen molar-refractivity contribution in [3.05, 3.63) is 0 Å². The molecule has 0 aromatic rings. The molecule has 0 aromatic heterocycles. The Labute approximate surface area is 109 Å². The van der Waals surface area contributed by atoms with Gasteiger partial charge >= 0.3 is 0 Å². The summed E-state index contributed by atoms with van der Waals surface area (Å²) in [5.41, 5.74) is -0.143. The van der Waals surface area contributed by atoms with Gasteiger partial charge in [-0.3, -0.25) is 4.79 Å². The van der Waals surface area contributed by atoms with Crippen LogP contribution in [-0.2, 0) is 9.53 Å². The number of likely N-dealkylation sites (tertiary alicyclic amines) is 1. The fourth-order valence-electron chi connectivity index (χ4n) is 2.53. The van der Waals surface area contributed by atoms with E-state index < -0.39 is 0 Å². The maximum absolute atomic E-state index is 11.7. The second-order valence-electron chi connectivity index (χ2n) is 5.82. The van der Waals surface area contributed by atoms with E-state index in [2.05, 4.69) is 22.5 Å². The summed E-state index contributed by atoms with van der Waals surface area (Å²) in [5, 5.41) is 6.15. The second-order valence-corrected chi connectivity index (χ2v) is 5.82. The van der Waals surface area contributed by atoms with Crippen LogP contribution < -0.4 is 10.6 Å². The molecule has 0 aliphatic carbocycles. The van der Waals surface area contributed by atoms with Crippen LogP contribution in [0.1, 0.15) is 26.7 Å². The first-order chi connectivity index (χ1) is 8.57. The summed E-state index contributed by atoms with van der Waals surface area (Å²) in [4.78, 5) is 14.1. The van der Waals surface area contributed by atoms with Gasteiger partial charge in [0.2, 0.25) is 5.91 Å². The molecule has 2 rings (SSSR count). The van der Waals surface area contributed by atoms with Crippen LogP contribution in [0.3, 0.4) is 0 Å².